The number of nitro benzene ring substituents is 1. The molecule has 3 rings (SSSR count). The molecule has 0 spiro atoms. The number of hydrogen-bond acceptors (Lipinski definition) is 5. The summed E-state index contributed by atoms with van der Waals surface area (Å²) >= 11 is 5.21. The van der Waals surface area contributed by atoms with Crippen molar-refractivity contribution in [2.45, 2.75) is 6.92 Å². The summed E-state index contributed by atoms with van der Waals surface area (Å²) in [5, 5.41) is 22.1. The number of aromatic amines is 1. The first-order valence-electron chi connectivity index (χ1n) is 7.08. The van der Waals surface area contributed by atoms with Gasteiger partial charge in [-0.25, -0.2) is 5.10 Å². The Morgan fingerprint density at radius 2 is 2.08 bits per heavy atom. The van der Waals surface area contributed by atoms with E-state index in [2.05, 4.69) is 15.3 Å². The fraction of sp³-hybridized carbons (Fsp3) is 0.0625. The van der Waals surface area contributed by atoms with E-state index in [1.165, 1.54) is 23.0 Å². The molecule has 7 nitrogen and oxygen atoms in total. The van der Waals surface area contributed by atoms with Gasteiger partial charge in [-0.2, -0.15) is 14.9 Å². The van der Waals surface area contributed by atoms with E-state index in [-0.39, 0.29) is 5.69 Å². The lowest BCUT2D eigenvalue weighted by Gasteiger charge is -2.02. The molecule has 1 aromatic heterocycles. The van der Waals surface area contributed by atoms with E-state index in [9.17, 15) is 10.1 Å². The average molecular weight is 339 g/mol. The molecule has 0 aliphatic rings. The van der Waals surface area contributed by atoms with Crippen LogP contribution in [-0.2, 0) is 0 Å². The van der Waals surface area contributed by atoms with E-state index in [0.717, 1.165) is 11.1 Å². The van der Waals surface area contributed by atoms with Crippen LogP contribution in [0.3, 0.4) is 0 Å². The number of aromatic nitrogens is 3. The molecule has 1 heterocycles. The molecule has 0 amide bonds. The highest BCUT2D eigenvalue weighted by Gasteiger charge is 2.08. The molecule has 0 saturated heterocycles. The summed E-state index contributed by atoms with van der Waals surface area (Å²) in [6.07, 6.45) is 1.51. The maximum atomic E-state index is 10.8. The van der Waals surface area contributed by atoms with Crippen LogP contribution >= 0.6 is 12.2 Å². The maximum Gasteiger partial charge on any atom is 0.270 e. The predicted molar refractivity (Wildman–Crippen MR) is 93.7 cm³/mol. The van der Waals surface area contributed by atoms with E-state index in [4.69, 9.17) is 12.2 Å². The molecular formula is C16H13N5O2S. The average Bonchev–Trinajstić information content (AvgIpc) is 2.94. The lowest BCUT2D eigenvalue weighted by atomic mass is 10.1. The second-order valence-electron chi connectivity index (χ2n) is 5.13. The van der Waals surface area contributed by atoms with Crippen molar-refractivity contribution >= 4 is 24.1 Å². The number of H-pyrrole nitrogens is 1. The van der Waals surface area contributed by atoms with Gasteiger partial charge in [0.1, 0.15) is 0 Å². The minimum atomic E-state index is -0.445. The van der Waals surface area contributed by atoms with E-state index in [1.54, 1.807) is 12.1 Å². The first-order chi connectivity index (χ1) is 11.5. The Bertz CT molecular complexity index is 990. The van der Waals surface area contributed by atoms with Gasteiger partial charge in [0.05, 0.1) is 11.1 Å². The van der Waals surface area contributed by atoms with Crippen molar-refractivity contribution in [2.24, 2.45) is 5.10 Å². The fourth-order valence-corrected chi connectivity index (χ4v) is 2.39. The Labute approximate surface area is 142 Å². The summed E-state index contributed by atoms with van der Waals surface area (Å²) in [5.74, 6) is 0.574. The molecule has 0 aliphatic heterocycles. The summed E-state index contributed by atoms with van der Waals surface area (Å²) in [6.45, 7) is 1.99. The number of rotatable bonds is 4. The minimum absolute atomic E-state index is 0.00801. The normalized spacial score (nSPS) is 11.0. The van der Waals surface area contributed by atoms with Crippen LogP contribution in [0.5, 0.6) is 0 Å². The lowest BCUT2D eigenvalue weighted by molar-refractivity contribution is -0.384. The largest absolute Gasteiger partial charge is 0.270 e. The van der Waals surface area contributed by atoms with Gasteiger partial charge >= 0.3 is 0 Å². The molecule has 0 aliphatic carbocycles. The number of nitrogens with zero attached hydrogens (tertiary/aromatic N) is 4. The highest BCUT2D eigenvalue weighted by atomic mass is 32.1. The zero-order valence-electron chi connectivity index (χ0n) is 12.7. The lowest BCUT2D eigenvalue weighted by Crippen LogP contribution is -1.96. The quantitative estimate of drug-likeness (QED) is 0.340. The topological polar surface area (TPSA) is 89.1 Å². The van der Waals surface area contributed by atoms with Crippen LogP contribution < -0.4 is 0 Å². The third-order valence-electron chi connectivity index (χ3n) is 3.33. The molecule has 0 bridgehead atoms. The van der Waals surface area contributed by atoms with E-state index in [0.29, 0.717) is 16.2 Å². The van der Waals surface area contributed by atoms with Gasteiger partial charge in [0.15, 0.2) is 5.82 Å². The summed E-state index contributed by atoms with van der Waals surface area (Å²) in [5.41, 5.74) is 2.57. The number of hydrogen-bond donors (Lipinski definition) is 1. The van der Waals surface area contributed by atoms with Crippen molar-refractivity contribution in [3.05, 3.63) is 74.5 Å². The second-order valence-corrected chi connectivity index (χ2v) is 5.52. The Hall–Kier alpha value is -3.13. The van der Waals surface area contributed by atoms with Gasteiger partial charge in [-0.3, -0.25) is 10.1 Å². The third-order valence-corrected chi connectivity index (χ3v) is 3.59. The van der Waals surface area contributed by atoms with Crippen LogP contribution in [0.4, 0.5) is 5.69 Å². The van der Waals surface area contributed by atoms with Gasteiger partial charge < -0.3 is 0 Å². The van der Waals surface area contributed by atoms with Gasteiger partial charge in [-0.15, -0.1) is 0 Å². The molecular weight excluding hydrogens is 326 g/mol. The molecule has 0 atom stereocenters. The summed E-state index contributed by atoms with van der Waals surface area (Å²) in [4.78, 5) is 10.4. The molecule has 3 aromatic rings. The number of nitro groups is 1. The molecule has 0 radical (unpaired) electrons. The smallest absolute Gasteiger partial charge is 0.258 e. The van der Waals surface area contributed by atoms with Crippen LogP contribution in [0.1, 0.15) is 11.1 Å². The van der Waals surface area contributed by atoms with E-state index >= 15 is 0 Å². The summed E-state index contributed by atoms with van der Waals surface area (Å²) in [7, 11) is 0. The van der Waals surface area contributed by atoms with Gasteiger partial charge in [-0.1, -0.05) is 35.9 Å². The van der Waals surface area contributed by atoms with Gasteiger partial charge in [0.2, 0.25) is 4.77 Å². The third kappa shape index (κ3) is 3.28. The first-order valence-corrected chi connectivity index (χ1v) is 7.49. The fourth-order valence-electron chi connectivity index (χ4n) is 2.21. The van der Waals surface area contributed by atoms with E-state index in [1.807, 2.05) is 31.2 Å². The molecule has 0 saturated carbocycles. The van der Waals surface area contributed by atoms with Crippen LogP contribution in [0.2, 0.25) is 0 Å². The first kappa shape index (κ1) is 15.8. The number of aryl methyl sites for hydroxylation is 1. The van der Waals surface area contributed by atoms with Crippen LogP contribution in [0.15, 0.2) is 53.6 Å². The van der Waals surface area contributed by atoms with Crippen molar-refractivity contribution in [1.82, 2.24) is 14.9 Å². The van der Waals surface area contributed by atoms with Crippen molar-refractivity contribution in [3.8, 4) is 11.4 Å². The number of benzene rings is 2. The predicted octanol–water partition coefficient (Wildman–Crippen LogP) is 3.71. The zero-order valence-corrected chi connectivity index (χ0v) is 13.5. The van der Waals surface area contributed by atoms with Gasteiger partial charge in [0.25, 0.3) is 5.69 Å². The monoisotopic (exact) mass is 339 g/mol. The Kier molecular flexibility index (Phi) is 4.30. The van der Waals surface area contributed by atoms with Crippen molar-refractivity contribution in [2.75, 3.05) is 0 Å². The minimum Gasteiger partial charge on any atom is -0.258 e. The van der Waals surface area contributed by atoms with Gasteiger partial charge in [-0.05, 0) is 25.2 Å². The Morgan fingerprint density at radius 1 is 1.29 bits per heavy atom. The molecule has 2 aromatic carbocycles. The summed E-state index contributed by atoms with van der Waals surface area (Å²) in [6, 6.07) is 14.0. The highest BCUT2D eigenvalue weighted by molar-refractivity contribution is 7.71. The molecule has 1 N–H and O–H groups in total. The van der Waals surface area contributed by atoms with Gasteiger partial charge in [0, 0.05) is 23.3 Å². The molecule has 0 unspecified atom stereocenters. The van der Waals surface area contributed by atoms with Crippen molar-refractivity contribution in [1.29, 1.82) is 0 Å². The van der Waals surface area contributed by atoms with Crippen molar-refractivity contribution < 1.29 is 4.92 Å². The SMILES string of the molecule is Cc1cccc(-c2n[nH]c(=S)n2N=Cc2cccc([N+](=O)[O-])c2)c1. The Morgan fingerprint density at radius 3 is 2.83 bits per heavy atom. The molecule has 120 valence electrons. The summed E-state index contributed by atoms with van der Waals surface area (Å²) < 4.78 is 1.83. The van der Waals surface area contributed by atoms with Crippen LogP contribution in [0, 0.1) is 21.8 Å². The molecule has 24 heavy (non-hydrogen) atoms. The number of non-ortho nitro benzene ring substituents is 1. The highest BCUT2D eigenvalue weighted by Crippen LogP contribution is 2.18. The molecule has 0 fully saturated rings. The van der Waals surface area contributed by atoms with Crippen LogP contribution in [0.25, 0.3) is 11.4 Å². The maximum absolute atomic E-state index is 10.8. The van der Waals surface area contributed by atoms with Crippen LogP contribution in [-0.4, -0.2) is 26.0 Å². The van der Waals surface area contributed by atoms with Crippen molar-refractivity contribution in [3.63, 3.8) is 0 Å². The zero-order chi connectivity index (χ0) is 17.1. The standard InChI is InChI=1S/C16H13N5O2S/c1-11-4-2-6-13(8-11)15-18-19-16(24)20(15)17-10-12-5-3-7-14(9-12)21(22)23/h2-10H,1H3,(H,19,24). The number of nitrogens with one attached hydrogen (secondary N) is 1. The second kappa shape index (κ2) is 6.55. The Balaban J connectivity index is 1.99. The molecule has 8 heteroatoms. The van der Waals surface area contributed by atoms with E-state index < -0.39 is 4.92 Å².